The smallest absolute Gasteiger partial charge is 0.141 e. The lowest BCUT2D eigenvalue weighted by Gasteiger charge is -2.36. The summed E-state index contributed by atoms with van der Waals surface area (Å²) in [5.74, 6) is -0.380. The molecule has 0 radical (unpaired) electrons. The number of nitrogens with two attached hydrogens (primary N) is 1. The van der Waals surface area contributed by atoms with Crippen LogP contribution < -0.4 is 5.73 Å². The summed E-state index contributed by atoms with van der Waals surface area (Å²) in [5.41, 5.74) is 6.64. The quantitative estimate of drug-likeness (QED) is 0.933. The molecule has 2 N–H and O–H groups in total. The molecule has 1 heterocycles. The third-order valence-electron chi connectivity index (χ3n) is 3.41. The average Bonchev–Trinajstić information content (AvgIpc) is 2.41. The van der Waals surface area contributed by atoms with Gasteiger partial charge in [0.05, 0.1) is 17.7 Å². The highest BCUT2D eigenvalue weighted by Gasteiger charge is 2.24. The fourth-order valence-electron chi connectivity index (χ4n) is 2.22. The van der Waals surface area contributed by atoms with Crippen LogP contribution in [0.15, 0.2) is 18.2 Å². The van der Waals surface area contributed by atoms with Gasteiger partial charge in [0, 0.05) is 25.7 Å². The molecule has 2 rings (SSSR count). The van der Waals surface area contributed by atoms with Crippen molar-refractivity contribution >= 4 is 24.0 Å². The van der Waals surface area contributed by atoms with E-state index < -0.39 is 0 Å². The van der Waals surface area contributed by atoms with E-state index in [4.69, 9.17) is 22.1 Å². The Labute approximate surface area is 124 Å². The Morgan fingerprint density at radius 1 is 1.58 bits per heavy atom. The lowest BCUT2D eigenvalue weighted by molar-refractivity contribution is -0.0364. The number of nitrogens with zero attached hydrogens (tertiary/aromatic N) is 1. The third kappa shape index (κ3) is 4.04. The minimum absolute atomic E-state index is 0. The Kier molecular flexibility index (Phi) is 6.50. The summed E-state index contributed by atoms with van der Waals surface area (Å²) >= 11 is 5.81. The van der Waals surface area contributed by atoms with Crippen molar-refractivity contribution < 1.29 is 9.13 Å². The lowest BCUT2D eigenvalue weighted by atomic mass is 10.1. The molecule has 6 heteroatoms. The van der Waals surface area contributed by atoms with Crippen molar-refractivity contribution in [2.45, 2.75) is 19.1 Å². The first-order valence-electron chi connectivity index (χ1n) is 6.12. The number of morpholine rings is 1. The highest BCUT2D eigenvalue weighted by molar-refractivity contribution is 6.30. The second-order valence-electron chi connectivity index (χ2n) is 4.57. The average molecular weight is 309 g/mol. The number of halogens is 3. The standard InChI is InChI=1S/C13H18ClFN2O.ClH/c1-9(10-2-3-13(15)12(14)6-10)17-4-5-18-11(7-16)8-17;/h2-3,6,9,11H,4-5,7-8,16H2,1H3;1H. The number of benzene rings is 1. The van der Waals surface area contributed by atoms with Crippen LogP contribution in [-0.4, -0.2) is 37.2 Å². The van der Waals surface area contributed by atoms with E-state index in [-0.39, 0.29) is 35.4 Å². The molecule has 0 aromatic heterocycles. The molecule has 2 atom stereocenters. The minimum atomic E-state index is -0.380. The van der Waals surface area contributed by atoms with E-state index in [1.807, 2.05) is 0 Å². The van der Waals surface area contributed by atoms with Gasteiger partial charge in [-0.2, -0.15) is 0 Å². The van der Waals surface area contributed by atoms with Gasteiger partial charge in [0.1, 0.15) is 5.82 Å². The van der Waals surface area contributed by atoms with E-state index in [9.17, 15) is 4.39 Å². The maximum atomic E-state index is 13.1. The van der Waals surface area contributed by atoms with Crippen molar-refractivity contribution in [3.05, 3.63) is 34.6 Å². The van der Waals surface area contributed by atoms with Crippen molar-refractivity contribution in [2.75, 3.05) is 26.2 Å². The van der Waals surface area contributed by atoms with Crippen LogP contribution in [0.3, 0.4) is 0 Å². The van der Waals surface area contributed by atoms with Gasteiger partial charge in [0.2, 0.25) is 0 Å². The highest BCUT2D eigenvalue weighted by atomic mass is 35.5. The monoisotopic (exact) mass is 308 g/mol. The van der Waals surface area contributed by atoms with E-state index in [1.165, 1.54) is 6.07 Å². The molecule has 1 aromatic rings. The van der Waals surface area contributed by atoms with E-state index >= 15 is 0 Å². The topological polar surface area (TPSA) is 38.5 Å². The van der Waals surface area contributed by atoms with Crippen molar-refractivity contribution in [1.29, 1.82) is 0 Å². The Bertz CT molecular complexity index is 420. The molecule has 3 nitrogen and oxygen atoms in total. The maximum Gasteiger partial charge on any atom is 0.141 e. The van der Waals surface area contributed by atoms with Crippen LogP contribution in [0.5, 0.6) is 0 Å². The lowest BCUT2D eigenvalue weighted by Crippen LogP contribution is -2.46. The summed E-state index contributed by atoms with van der Waals surface area (Å²) in [7, 11) is 0. The number of ether oxygens (including phenoxy) is 1. The van der Waals surface area contributed by atoms with Gasteiger partial charge in [-0.05, 0) is 24.6 Å². The van der Waals surface area contributed by atoms with Crippen LogP contribution in [-0.2, 0) is 4.74 Å². The number of rotatable bonds is 3. The molecule has 0 amide bonds. The van der Waals surface area contributed by atoms with Gasteiger partial charge < -0.3 is 10.5 Å². The molecule has 1 aliphatic heterocycles. The molecule has 1 aromatic carbocycles. The van der Waals surface area contributed by atoms with Crippen molar-refractivity contribution in [3.8, 4) is 0 Å². The zero-order chi connectivity index (χ0) is 13.1. The van der Waals surface area contributed by atoms with Crippen LogP contribution in [0.4, 0.5) is 4.39 Å². The number of hydrogen-bond donors (Lipinski definition) is 1. The van der Waals surface area contributed by atoms with Crippen LogP contribution in [0.2, 0.25) is 5.02 Å². The zero-order valence-electron chi connectivity index (χ0n) is 10.8. The maximum absolute atomic E-state index is 13.1. The zero-order valence-corrected chi connectivity index (χ0v) is 12.4. The summed E-state index contributed by atoms with van der Waals surface area (Å²) in [4.78, 5) is 2.28. The largest absolute Gasteiger partial charge is 0.374 e. The molecule has 0 saturated carbocycles. The Morgan fingerprint density at radius 2 is 2.32 bits per heavy atom. The van der Waals surface area contributed by atoms with Gasteiger partial charge in [-0.25, -0.2) is 4.39 Å². The second-order valence-corrected chi connectivity index (χ2v) is 4.98. The fourth-order valence-corrected chi connectivity index (χ4v) is 2.41. The molecule has 1 saturated heterocycles. The predicted octanol–water partition coefficient (Wildman–Crippen LogP) is 2.62. The van der Waals surface area contributed by atoms with Crippen LogP contribution in [0.1, 0.15) is 18.5 Å². The van der Waals surface area contributed by atoms with Gasteiger partial charge in [-0.1, -0.05) is 17.7 Å². The van der Waals surface area contributed by atoms with E-state index in [0.717, 1.165) is 18.7 Å². The SMILES string of the molecule is CC(c1ccc(F)c(Cl)c1)N1CCOC(CN)C1.Cl. The molecule has 0 spiro atoms. The summed E-state index contributed by atoms with van der Waals surface area (Å²) in [5, 5.41) is 0.169. The molecule has 1 fully saturated rings. The second kappa shape index (κ2) is 7.41. The first kappa shape index (κ1) is 16.7. The van der Waals surface area contributed by atoms with Gasteiger partial charge >= 0.3 is 0 Å². The van der Waals surface area contributed by atoms with Crippen LogP contribution in [0, 0.1) is 5.82 Å². The molecular formula is C13H19Cl2FN2O. The highest BCUT2D eigenvalue weighted by Crippen LogP contribution is 2.26. The van der Waals surface area contributed by atoms with Crippen molar-refractivity contribution in [2.24, 2.45) is 5.73 Å². The third-order valence-corrected chi connectivity index (χ3v) is 3.70. The van der Waals surface area contributed by atoms with Gasteiger partial charge in [-0.3, -0.25) is 4.90 Å². The Balaban J connectivity index is 0.00000180. The van der Waals surface area contributed by atoms with Gasteiger partial charge in [-0.15, -0.1) is 12.4 Å². The molecule has 0 bridgehead atoms. The predicted molar refractivity (Wildman–Crippen MR) is 77.4 cm³/mol. The first-order valence-corrected chi connectivity index (χ1v) is 6.50. The van der Waals surface area contributed by atoms with E-state index in [0.29, 0.717) is 13.2 Å². The summed E-state index contributed by atoms with van der Waals surface area (Å²) in [6, 6.07) is 5.06. The van der Waals surface area contributed by atoms with E-state index in [2.05, 4.69) is 11.8 Å². The normalized spacial score (nSPS) is 21.8. The Hall–Kier alpha value is -0.390. The van der Waals surface area contributed by atoms with Crippen LogP contribution >= 0.6 is 24.0 Å². The van der Waals surface area contributed by atoms with Crippen molar-refractivity contribution in [1.82, 2.24) is 4.90 Å². The molecular weight excluding hydrogens is 290 g/mol. The summed E-state index contributed by atoms with van der Waals surface area (Å²) in [6.45, 7) is 4.94. The molecule has 0 aliphatic carbocycles. The molecule has 19 heavy (non-hydrogen) atoms. The van der Waals surface area contributed by atoms with Gasteiger partial charge in [0.25, 0.3) is 0 Å². The first-order chi connectivity index (χ1) is 8.61. The fraction of sp³-hybridized carbons (Fsp3) is 0.538. The van der Waals surface area contributed by atoms with Crippen LogP contribution in [0.25, 0.3) is 0 Å². The van der Waals surface area contributed by atoms with Gasteiger partial charge in [0.15, 0.2) is 0 Å². The molecule has 2 unspecified atom stereocenters. The number of hydrogen-bond acceptors (Lipinski definition) is 3. The minimum Gasteiger partial charge on any atom is -0.374 e. The Morgan fingerprint density at radius 3 is 2.95 bits per heavy atom. The molecule has 108 valence electrons. The van der Waals surface area contributed by atoms with Crippen molar-refractivity contribution in [3.63, 3.8) is 0 Å². The van der Waals surface area contributed by atoms with E-state index in [1.54, 1.807) is 12.1 Å². The molecule has 1 aliphatic rings. The summed E-state index contributed by atoms with van der Waals surface area (Å²) in [6.07, 6.45) is 0.0807. The summed E-state index contributed by atoms with van der Waals surface area (Å²) < 4.78 is 18.7.